The van der Waals surface area contributed by atoms with Gasteiger partial charge in [0.1, 0.15) is 0 Å². The highest BCUT2D eigenvalue weighted by molar-refractivity contribution is 6.00. The molecule has 0 aromatic carbocycles. The molecule has 2 fully saturated rings. The number of carbonyl (C=O) groups is 1. The number of guanidine groups is 1. The van der Waals surface area contributed by atoms with Gasteiger partial charge in [0.15, 0.2) is 11.7 Å². The largest absolute Gasteiger partial charge is 0.396 e. The van der Waals surface area contributed by atoms with Crippen LogP contribution in [0.1, 0.15) is 71.6 Å². The third-order valence-corrected chi connectivity index (χ3v) is 8.38. The highest BCUT2D eigenvalue weighted by Crippen LogP contribution is 2.74. The van der Waals surface area contributed by atoms with Crippen molar-refractivity contribution in [3.05, 3.63) is 11.1 Å². The van der Waals surface area contributed by atoms with Crippen molar-refractivity contribution in [2.75, 3.05) is 19.8 Å². The van der Waals surface area contributed by atoms with E-state index >= 15 is 0 Å². The molecule has 3 rings (SSSR count). The van der Waals surface area contributed by atoms with Gasteiger partial charge < -0.3 is 21.7 Å². The topological polar surface area (TPSA) is 122 Å². The Morgan fingerprint density at radius 2 is 1.93 bits per heavy atom. The van der Waals surface area contributed by atoms with Crippen LogP contribution in [0.2, 0.25) is 0 Å². The third-order valence-electron chi connectivity index (χ3n) is 8.38. The van der Waals surface area contributed by atoms with Crippen LogP contribution in [-0.4, -0.2) is 41.7 Å². The van der Waals surface area contributed by atoms with Gasteiger partial charge in [-0.05, 0) is 73.7 Å². The predicted molar refractivity (Wildman–Crippen MR) is 115 cm³/mol. The second kappa shape index (κ2) is 8.76. The number of hydrogen-bond donors (Lipinski definition) is 4. The second-order valence-electron chi connectivity index (χ2n) is 9.92. The maximum atomic E-state index is 13.2. The molecule has 1 spiro atoms. The fourth-order valence-corrected chi connectivity index (χ4v) is 6.91. The molecule has 0 saturated heterocycles. The highest BCUT2D eigenvalue weighted by atomic mass is 16.3. The van der Waals surface area contributed by atoms with Crippen LogP contribution in [0.5, 0.6) is 0 Å². The number of nitrogens with two attached hydrogens (primary N) is 2. The molecule has 0 unspecified atom stereocenters. The molecule has 6 nitrogen and oxygen atoms in total. The number of unbranched alkanes of at least 4 members (excludes halogenated alkanes) is 2. The summed E-state index contributed by atoms with van der Waals surface area (Å²) in [6.45, 7) is 5.72. The number of nitrogens with zero attached hydrogens (tertiary/aromatic N) is 1. The van der Waals surface area contributed by atoms with Crippen LogP contribution in [0.3, 0.4) is 0 Å². The maximum Gasteiger partial charge on any atom is 0.185 e. The summed E-state index contributed by atoms with van der Waals surface area (Å²) in [6, 6.07) is 0. The molecule has 0 amide bonds. The summed E-state index contributed by atoms with van der Waals surface area (Å²) < 4.78 is 0. The van der Waals surface area contributed by atoms with E-state index in [0.29, 0.717) is 30.6 Å². The fraction of sp³-hybridized carbons (Fsp3) is 0.826. The Morgan fingerprint density at radius 1 is 1.17 bits per heavy atom. The van der Waals surface area contributed by atoms with E-state index in [1.807, 2.05) is 0 Å². The highest BCUT2D eigenvalue weighted by Gasteiger charge is 2.68. The van der Waals surface area contributed by atoms with Gasteiger partial charge >= 0.3 is 0 Å². The molecule has 2 bridgehead atoms. The molecule has 6 N–H and O–H groups in total. The number of carbonyl (C=O) groups excluding carboxylic acids is 1. The molecule has 4 atom stereocenters. The Kier molecular flexibility index (Phi) is 6.74. The van der Waals surface area contributed by atoms with Gasteiger partial charge in [-0.1, -0.05) is 25.8 Å². The summed E-state index contributed by atoms with van der Waals surface area (Å²) >= 11 is 0. The quantitative estimate of drug-likeness (QED) is 0.253. The number of aliphatic hydroxyl groups is 2. The first-order chi connectivity index (χ1) is 13.8. The Hall–Kier alpha value is -1.40. The number of ketones is 1. The van der Waals surface area contributed by atoms with Crippen molar-refractivity contribution in [3.63, 3.8) is 0 Å². The molecule has 0 aromatic rings. The lowest BCUT2D eigenvalue weighted by Gasteiger charge is -2.55. The zero-order valence-corrected chi connectivity index (χ0v) is 18.1. The van der Waals surface area contributed by atoms with Gasteiger partial charge in [0, 0.05) is 31.6 Å². The van der Waals surface area contributed by atoms with E-state index < -0.39 is 0 Å². The van der Waals surface area contributed by atoms with Gasteiger partial charge in [0.2, 0.25) is 0 Å². The normalized spacial score (nSPS) is 32.6. The lowest BCUT2D eigenvalue weighted by Crippen LogP contribution is -2.51. The second-order valence-corrected chi connectivity index (χ2v) is 9.92. The molecular formula is C23H39N3O3. The molecule has 164 valence electrons. The van der Waals surface area contributed by atoms with Gasteiger partial charge in [-0.15, -0.1) is 0 Å². The van der Waals surface area contributed by atoms with Crippen molar-refractivity contribution in [3.8, 4) is 0 Å². The van der Waals surface area contributed by atoms with E-state index in [9.17, 15) is 15.0 Å². The molecule has 6 heteroatoms. The minimum atomic E-state index is -0.106. The molecule has 0 aliphatic heterocycles. The van der Waals surface area contributed by atoms with E-state index in [2.05, 4.69) is 18.8 Å². The van der Waals surface area contributed by atoms with Gasteiger partial charge in [0.25, 0.3) is 0 Å². The summed E-state index contributed by atoms with van der Waals surface area (Å²) in [7, 11) is 0. The van der Waals surface area contributed by atoms with Crippen LogP contribution in [0.15, 0.2) is 16.1 Å². The van der Waals surface area contributed by atoms with Crippen LogP contribution in [-0.2, 0) is 4.79 Å². The average Bonchev–Trinajstić information content (AvgIpc) is 2.98. The summed E-state index contributed by atoms with van der Waals surface area (Å²) in [5, 5.41) is 19.4. The zero-order chi connectivity index (χ0) is 21.2. The summed E-state index contributed by atoms with van der Waals surface area (Å²) in [5.74, 6) is 1.56. The molecule has 3 aliphatic rings. The molecular weight excluding hydrogens is 366 g/mol. The van der Waals surface area contributed by atoms with Crippen molar-refractivity contribution in [1.29, 1.82) is 0 Å². The van der Waals surface area contributed by atoms with Crippen molar-refractivity contribution in [1.82, 2.24) is 0 Å². The molecule has 2 saturated carbocycles. The number of aliphatic hydroxyl groups excluding tert-OH is 2. The van der Waals surface area contributed by atoms with Crippen molar-refractivity contribution in [2.45, 2.75) is 71.6 Å². The number of hydrogen-bond acceptors (Lipinski definition) is 4. The SMILES string of the molecule is CC1(C)[C@H]2CC3=C(CCCCN=C(N)N)C(=O)C[C@]31[C@H](CCCCO)[C@@H](CO)C2. The molecule has 0 radical (unpaired) electrons. The minimum Gasteiger partial charge on any atom is -0.396 e. The van der Waals surface area contributed by atoms with Gasteiger partial charge in [-0.25, -0.2) is 0 Å². The molecule has 3 aliphatic carbocycles. The Labute approximate surface area is 174 Å². The van der Waals surface area contributed by atoms with Crippen molar-refractivity contribution < 1.29 is 15.0 Å². The fourth-order valence-electron chi connectivity index (χ4n) is 6.91. The number of aliphatic imine (C=N–C) groups is 1. The van der Waals surface area contributed by atoms with E-state index in [0.717, 1.165) is 56.9 Å². The lowest BCUT2D eigenvalue weighted by molar-refractivity contribution is -0.123. The first-order valence-electron chi connectivity index (χ1n) is 11.3. The zero-order valence-electron chi connectivity index (χ0n) is 18.1. The monoisotopic (exact) mass is 405 g/mol. The Morgan fingerprint density at radius 3 is 2.59 bits per heavy atom. The van der Waals surface area contributed by atoms with E-state index in [4.69, 9.17) is 11.5 Å². The standard InChI is InChI=1S/C23H39N3O3/c1-22(2)16-11-15(14-28)18(8-4-6-10-27)23(22)13-20(29)17(19(23)12-16)7-3-5-9-26-21(24)25/h15-16,18,27-28H,3-14H2,1-2H3,(H4,24,25,26)/t15-,16-,18-,23+/m1/s1. The number of Topliss-reactive ketones (excluding diaryl/α,β-unsaturated/α-hetero) is 1. The van der Waals surface area contributed by atoms with E-state index in [1.54, 1.807) is 0 Å². The number of rotatable bonds is 10. The van der Waals surface area contributed by atoms with Gasteiger partial charge in [-0.2, -0.15) is 0 Å². The van der Waals surface area contributed by atoms with Gasteiger partial charge in [-0.3, -0.25) is 9.79 Å². The predicted octanol–water partition coefficient (Wildman–Crippen LogP) is 2.52. The summed E-state index contributed by atoms with van der Waals surface area (Å²) in [6.07, 6.45) is 7.99. The first-order valence-corrected chi connectivity index (χ1v) is 11.3. The Balaban J connectivity index is 1.87. The van der Waals surface area contributed by atoms with Crippen molar-refractivity contribution in [2.24, 2.45) is 45.0 Å². The van der Waals surface area contributed by atoms with Crippen LogP contribution in [0.4, 0.5) is 0 Å². The smallest absolute Gasteiger partial charge is 0.185 e. The lowest BCUT2D eigenvalue weighted by atomic mass is 9.49. The number of allylic oxidation sites excluding steroid dienone is 2. The van der Waals surface area contributed by atoms with Crippen LogP contribution < -0.4 is 11.5 Å². The maximum absolute atomic E-state index is 13.2. The summed E-state index contributed by atoms with van der Waals surface area (Å²) in [4.78, 5) is 17.2. The first kappa shape index (κ1) is 22.3. The van der Waals surface area contributed by atoms with Crippen LogP contribution in [0.25, 0.3) is 0 Å². The van der Waals surface area contributed by atoms with Crippen LogP contribution in [0, 0.1) is 28.6 Å². The molecule has 0 aromatic heterocycles. The average molecular weight is 406 g/mol. The van der Waals surface area contributed by atoms with Crippen molar-refractivity contribution >= 4 is 11.7 Å². The molecule has 29 heavy (non-hydrogen) atoms. The van der Waals surface area contributed by atoms with Gasteiger partial charge in [0.05, 0.1) is 0 Å². The van der Waals surface area contributed by atoms with Crippen LogP contribution >= 0.6 is 0 Å². The summed E-state index contributed by atoms with van der Waals surface area (Å²) in [5.41, 5.74) is 13.2. The van der Waals surface area contributed by atoms with E-state index in [-0.39, 0.29) is 35.9 Å². The number of fused-ring (bicyclic) bond motifs is 1. The molecule has 0 heterocycles. The third kappa shape index (κ3) is 3.74. The minimum absolute atomic E-state index is 0.0770. The Bertz CT molecular complexity index is 681. The van der Waals surface area contributed by atoms with E-state index in [1.165, 1.54) is 5.57 Å².